The number of pyridine rings is 1. The summed E-state index contributed by atoms with van der Waals surface area (Å²) in [4.78, 5) is 24.0. The number of carboxylic acids is 1. The minimum absolute atomic E-state index is 0.0405. The molecule has 0 saturated carbocycles. The Morgan fingerprint density at radius 1 is 1.13 bits per heavy atom. The van der Waals surface area contributed by atoms with Gasteiger partial charge in [0, 0.05) is 31.0 Å². The number of hydrogen-bond acceptors (Lipinski definition) is 3. The number of carboxylic acid groups (broad SMARTS) is 1. The minimum atomic E-state index is -1.22. The van der Waals surface area contributed by atoms with Crippen molar-refractivity contribution in [2.45, 2.75) is 25.0 Å². The zero-order chi connectivity index (χ0) is 21.3. The second-order valence-electron chi connectivity index (χ2n) is 8.25. The summed E-state index contributed by atoms with van der Waals surface area (Å²) < 4.78 is 21.7. The average molecular weight is 415 g/mol. The van der Waals surface area contributed by atoms with Gasteiger partial charge in [0.15, 0.2) is 5.43 Å². The highest BCUT2D eigenvalue weighted by atomic mass is 19.1. The topological polar surface area (TPSA) is 68.5 Å². The molecule has 154 valence electrons. The molecule has 31 heavy (non-hydrogen) atoms. The molecular weight excluding hydrogens is 397 g/mol. The number of hydrogen-bond donors (Lipinski definition) is 1. The van der Waals surface area contributed by atoms with Crippen LogP contribution in [0.2, 0.25) is 0 Å². The van der Waals surface area contributed by atoms with Crippen molar-refractivity contribution in [1.82, 2.24) is 4.57 Å². The summed E-state index contributed by atoms with van der Waals surface area (Å²) >= 11 is 0. The Morgan fingerprint density at radius 3 is 2.77 bits per heavy atom. The van der Waals surface area contributed by atoms with Gasteiger partial charge in [0.2, 0.25) is 0 Å². The summed E-state index contributed by atoms with van der Waals surface area (Å²) in [6, 6.07) is 14.0. The average Bonchev–Trinajstić information content (AvgIpc) is 3.37. The lowest BCUT2D eigenvalue weighted by atomic mass is 9.89. The molecular formula is C25H18FNO4. The summed E-state index contributed by atoms with van der Waals surface area (Å²) in [5, 5.41) is 9.41. The summed E-state index contributed by atoms with van der Waals surface area (Å²) in [5.74, 6) is -1.50. The van der Waals surface area contributed by atoms with E-state index >= 15 is 0 Å². The number of aromatic carboxylic acids is 1. The third kappa shape index (κ3) is 2.65. The number of carbonyl (C=O) groups is 1. The van der Waals surface area contributed by atoms with Gasteiger partial charge in [-0.25, -0.2) is 9.18 Å². The molecule has 2 aliphatic heterocycles. The van der Waals surface area contributed by atoms with Crippen molar-refractivity contribution in [3.05, 3.63) is 93.2 Å². The number of fused-ring (bicyclic) bond motifs is 7. The van der Waals surface area contributed by atoms with Crippen molar-refractivity contribution in [3.8, 4) is 11.1 Å². The second-order valence-corrected chi connectivity index (χ2v) is 8.25. The van der Waals surface area contributed by atoms with Gasteiger partial charge in [-0.3, -0.25) is 4.79 Å². The Morgan fingerprint density at radius 2 is 1.97 bits per heavy atom. The highest BCUT2D eigenvalue weighted by Crippen LogP contribution is 2.50. The zero-order valence-electron chi connectivity index (χ0n) is 16.5. The molecule has 2 atom stereocenters. The normalized spacial score (nSPS) is 20.8. The minimum Gasteiger partial charge on any atom is -0.477 e. The third-order valence-electron chi connectivity index (χ3n) is 6.57. The molecule has 0 bridgehead atoms. The zero-order valence-corrected chi connectivity index (χ0v) is 16.5. The number of halogens is 1. The lowest BCUT2D eigenvalue weighted by Gasteiger charge is -2.32. The van der Waals surface area contributed by atoms with Gasteiger partial charge < -0.3 is 14.4 Å². The van der Waals surface area contributed by atoms with Crippen LogP contribution < -0.4 is 5.43 Å². The van der Waals surface area contributed by atoms with E-state index in [9.17, 15) is 19.1 Å². The van der Waals surface area contributed by atoms with E-state index in [1.54, 1.807) is 6.07 Å². The van der Waals surface area contributed by atoms with Crippen molar-refractivity contribution in [2.24, 2.45) is 0 Å². The summed E-state index contributed by atoms with van der Waals surface area (Å²) in [6.45, 7) is 0.580. The van der Waals surface area contributed by atoms with E-state index in [1.165, 1.54) is 24.4 Å². The largest absolute Gasteiger partial charge is 0.477 e. The van der Waals surface area contributed by atoms with Gasteiger partial charge in [-0.15, -0.1) is 0 Å². The van der Waals surface area contributed by atoms with E-state index in [0.29, 0.717) is 13.0 Å². The maximum absolute atomic E-state index is 13.7. The first kappa shape index (κ1) is 18.3. The predicted octanol–water partition coefficient (Wildman–Crippen LogP) is 4.16. The van der Waals surface area contributed by atoms with Crippen LogP contribution in [0.4, 0.5) is 4.39 Å². The van der Waals surface area contributed by atoms with E-state index in [1.807, 2.05) is 16.7 Å². The molecule has 0 unspecified atom stereocenters. The maximum Gasteiger partial charge on any atom is 0.341 e. The molecule has 3 heterocycles. The maximum atomic E-state index is 13.7. The molecule has 1 saturated heterocycles. The van der Waals surface area contributed by atoms with Crippen LogP contribution in [0.1, 0.15) is 39.6 Å². The molecule has 6 rings (SSSR count). The summed E-state index contributed by atoms with van der Waals surface area (Å²) in [6.07, 6.45) is 2.67. The molecule has 0 spiro atoms. The van der Waals surface area contributed by atoms with Gasteiger partial charge in [0.05, 0.1) is 6.04 Å². The molecule has 1 aromatic heterocycles. The number of ether oxygens (including phenoxy) is 1. The Hall–Kier alpha value is -3.51. The molecule has 0 radical (unpaired) electrons. The first-order chi connectivity index (χ1) is 15.0. The van der Waals surface area contributed by atoms with E-state index < -0.39 is 11.4 Å². The molecule has 1 aliphatic carbocycles. The van der Waals surface area contributed by atoms with Crippen LogP contribution in [0, 0.1) is 5.82 Å². The smallest absolute Gasteiger partial charge is 0.341 e. The van der Waals surface area contributed by atoms with Crippen molar-refractivity contribution in [3.63, 3.8) is 0 Å². The van der Waals surface area contributed by atoms with Crippen LogP contribution in [0.5, 0.6) is 0 Å². The molecule has 3 aliphatic rings. The molecule has 3 aromatic rings. The van der Waals surface area contributed by atoms with E-state index in [2.05, 4.69) is 12.1 Å². The van der Waals surface area contributed by atoms with Crippen LogP contribution in [0.15, 0.2) is 59.5 Å². The fourth-order valence-corrected chi connectivity index (χ4v) is 5.22. The third-order valence-corrected chi connectivity index (χ3v) is 6.57. The Balaban J connectivity index is 1.51. The van der Waals surface area contributed by atoms with Crippen molar-refractivity contribution in [1.29, 1.82) is 0 Å². The number of nitrogens with zero attached hydrogens (tertiary/aromatic N) is 1. The molecule has 5 nitrogen and oxygen atoms in total. The molecule has 0 amide bonds. The number of benzene rings is 2. The fourth-order valence-electron chi connectivity index (χ4n) is 5.22. The van der Waals surface area contributed by atoms with Crippen molar-refractivity contribution < 1.29 is 19.0 Å². The SMILES string of the molecule is O=C(O)c1cn2c(cc1=O)C1=C(c3ccc(-c4cccc(F)c4)cc3C1)[C@H]1OCC[C@H]12. The summed E-state index contributed by atoms with van der Waals surface area (Å²) in [7, 11) is 0. The first-order valence-corrected chi connectivity index (χ1v) is 10.2. The lowest BCUT2D eigenvalue weighted by Crippen LogP contribution is -2.31. The van der Waals surface area contributed by atoms with Crippen LogP contribution in [0.25, 0.3) is 22.3 Å². The Labute approximate surface area is 177 Å². The summed E-state index contributed by atoms with van der Waals surface area (Å²) in [5.41, 5.74) is 6.08. The molecule has 1 N–H and O–H groups in total. The number of allylic oxidation sites excluding steroid dienone is 1. The van der Waals surface area contributed by atoms with Gasteiger partial charge in [-0.2, -0.15) is 0 Å². The van der Waals surface area contributed by atoms with Gasteiger partial charge in [0.1, 0.15) is 17.5 Å². The van der Waals surface area contributed by atoms with Gasteiger partial charge in [-0.1, -0.05) is 30.3 Å². The van der Waals surface area contributed by atoms with Gasteiger partial charge >= 0.3 is 5.97 Å². The van der Waals surface area contributed by atoms with Crippen LogP contribution in [0.3, 0.4) is 0 Å². The van der Waals surface area contributed by atoms with E-state index in [4.69, 9.17) is 4.74 Å². The van der Waals surface area contributed by atoms with Gasteiger partial charge in [0.25, 0.3) is 0 Å². The Bertz CT molecular complexity index is 1370. The molecule has 2 aromatic carbocycles. The standard InChI is InChI=1S/C25H18FNO4/c26-16-3-1-2-13(9-16)14-4-5-17-15(8-14)10-18-21-11-22(28)19(25(29)30)12-27(21)20-6-7-31-24(20)23(17)18/h1-5,8-9,11-12,20,24H,6-7,10H2,(H,29,30)/t20-,24+/m1/s1. The van der Waals surface area contributed by atoms with Gasteiger partial charge in [-0.05, 0) is 52.0 Å². The van der Waals surface area contributed by atoms with E-state index in [-0.39, 0.29) is 23.5 Å². The van der Waals surface area contributed by atoms with Crippen molar-refractivity contribution >= 4 is 17.1 Å². The highest BCUT2D eigenvalue weighted by molar-refractivity contribution is 6.00. The fraction of sp³-hybridized carbons (Fsp3) is 0.200. The molecule has 1 fully saturated rings. The number of rotatable bonds is 2. The monoisotopic (exact) mass is 415 g/mol. The first-order valence-electron chi connectivity index (χ1n) is 10.2. The van der Waals surface area contributed by atoms with E-state index in [0.717, 1.165) is 45.5 Å². The number of aromatic nitrogens is 1. The van der Waals surface area contributed by atoms with Crippen LogP contribution in [-0.4, -0.2) is 28.4 Å². The Kier molecular flexibility index (Phi) is 3.83. The molecule has 6 heteroatoms. The highest BCUT2D eigenvalue weighted by Gasteiger charge is 2.43. The van der Waals surface area contributed by atoms with Crippen LogP contribution in [-0.2, 0) is 11.2 Å². The second kappa shape index (κ2) is 6.49. The van der Waals surface area contributed by atoms with Crippen LogP contribution >= 0.6 is 0 Å². The quantitative estimate of drug-likeness (QED) is 0.682. The lowest BCUT2D eigenvalue weighted by molar-refractivity contribution is 0.0693. The predicted molar refractivity (Wildman–Crippen MR) is 113 cm³/mol. The van der Waals surface area contributed by atoms with Crippen molar-refractivity contribution in [2.75, 3.05) is 6.61 Å².